The molecule has 3 aliphatic rings. The predicted molar refractivity (Wildman–Crippen MR) is 102 cm³/mol. The maximum Gasteiger partial charge on any atom is 0.317 e. The quantitative estimate of drug-likeness (QED) is 0.874. The summed E-state index contributed by atoms with van der Waals surface area (Å²) in [6.45, 7) is 1.96. The standard InChI is InChI=1S/C21H26N4O2/c22-13-16-5-4-8-18(11-16)25-15-21(12-19(25)26)9-10-24(14-21)20(27)23-17-6-2-1-3-7-17/h4-5,8,11,17H,1-3,6-7,9-10,12,14-15H2,(H,23,27). The molecular weight excluding hydrogens is 340 g/mol. The van der Waals surface area contributed by atoms with Crippen LogP contribution in [0.1, 0.15) is 50.5 Å². The zero-order chi connectivity index (χ0) is 18.9. The Labute approximate surface area is 160 Å². The van der Waals surface area contributed by atoms with Gasteiger partial charge in [-0.15, -0.1) is 0 Å². The van der Waals surface area contributed by atoms with Crippen molar-refractivity contribution in [2.75, 3.05) is 24.5 Å². The molecule has 1 aliphatic carbocycles. The number of nitriles is 1. The lowest BCUT2D eigenvalue weighted by Crippen LogP contribution is -2.45. The van der Waals surface area contributed by atoms with E-state index in [2.05, 4.69) is 11.4 Å². The highest BCUT2D eigenvalue weighted by atomic mass is 16.2. The van der Waals surface area contributed by atoms with E-state index < -0.39 is 0 Å². The van der Waals surface area contributed by atoms with Crippen molar-refractivity contribution in [3.63, 3.8) is 0 Å². The largest absolute Gasteiger partial charge is 0.335 e. The minimum absolute atomic E-state index is 0.0242. The van der Waals surface area contributed by atoms with Gasteiger partial charge in [0.2, 0.25) is 5.91 Å². The van der Waals surface area contributed by atoms with Crippen LogP contribution in [0.15, 0.2) is 24.3 Å². The molecule has 142 valence electrons. The van der Waals surface area contributed by atoms with Gasteiger partial charge < -0.3 is 15.1 Å². The molecule has 1 spiro atoms. The van der Waals surface area contributed by atoms with E-state index >= 15 is 0 Å². The van der Waals surface area contributed by atoms with E-state index in [-0.39, 0.29) is 17.4 Å². The molecule has 2 aliphatic heterocycles. The molecule has 1 unspecified atom stereocenters. The van der Waals surface area contributed by atoms with E-state index in [4.69, 9.17) is 5.26 Å². The van der Waals surface area contributed by atoms with Gasteiger partial charge in [-0.25, -0.2) is 4.79 Å². The summed E-state index contributed by atoms with van der Waals surface area (Å²) in [6.07, 6.45) is 7.13. The van der Waals surface area contributed by atoms with Crippen LogP contribution < -0.4 is 10.2 Å². The van der Waals surface area contributed by atoms with Gasteiger partial charge in [0.1, 0.15) is 0 Å². The highest BCUT2D eigenvalue weighted by Crippen LogP contribution is 2.42. The van der Waals surface area contributed by atoms with Crippen LogP contribution in [-0.2, 0) is 4.79 Å². The fourth-order valence-corrected chi connectivity index (χ4v) is 4.77. The maximum atomic E-state index is 12.7. The molecule has 6 nitrogen and oxygen atoms in total. The first kappa shape index (κ1) is 17.8. The van der Waals surface area contributed by atoms with Crippen LogP contribution in [0.3, 0.4) is 0 Å². The average Bonchev–Trinajstić information content (AvgIpc) is 3.25. The summed E-state index contributed by atoms with van der Waals surface area (Å²) in [7, 11) is 0. The minimum Gasteiger partial charge on any atom is -0.335 e. The highest BCUT2D eigenvalue weighted by molar-refractivity contribution is 5.96. The lowest BCUT2D eigenvalue weighted by Gasteiger charge is -2.27. The van der Waals surface area contributed by atoms with Crippen LogP contribution in [0.25, 0.3) is 0 Å². The normalized spacial score (nSPS) is 25.8. The first-order valence-corrected chi connectivity index (χ1v) is 9.95. The number of nitrogens with zero attached hydrogens (tertiary/aromatic N) is 3. The Morgan fingerprint density at radius 1 is 1.22 bits per heavy atom. The molecule has 1 atom stereocenters. The number of benzene rings is 1. The molecule has 0 bridgehead atoms. The van der Waals surface area contributed by atoms with Gasteiger partial charge in [0, 0.05) is 43.2 Å². The van der Waals surface area contributed by atoms with Crippen LogP contribution in [0.4, 0.5) is 10.5 Å². The van der Waals surface area contributed by atoms with E-state index in [9.17, 15) is 9.59 Å². The number of carbonyl (C=O) groups is 2. The highest BCUT2D eigenvalue weighted by Gasteiger charge is 2.49. The number of likely N-dealkylation sites (tertiary alicyclic amines) is 1. The average molecular weight is 366 g/mol. The topological polar surface area (TPSA) is 76.4 Å². The second-order valence-electron chi connectivity index (χ2n) is 8.27. The number of urea groups is 1. The lowest BCUT2D eigenvalue weighted by molar-refractivity contribution is -0.117. The minimum atomic E-state index is -0.163. The molecule has 1 aromatic carbocycles. The summed E-state index contributed by atoms with van der Waals surface area (Å²) in [6, 6.07) is 9.65. The SMILES string of the molecule is N#Cc1cccc(N2CC3(CCN(C(=O)NC4CCCCC4)C3)CC2=O)c1. The van der Waals surface area contributed by atoms with Crippen molar-refractivity contribution >= 4 is 17.6 Å². The molecule has 1 saturated carbocycles. The second kappa shape index (κ2) is 7.22. The number of amides is 3. The number of rotatable bonds is 2. The summed E-state index contributed by atoms with van der Waals surface area (Å²) in [5.41, 5.74) is 1.17. The molecule has 1 N–H and O–H groups in total. The summed E-state index contributed by atoms with van der Waals surface area (Å²) < 4.78 is 0. The molecule has 6 heteroatoms. The van der Waals surface area contributed by atoms with Gasteiger partial charge in [0.05, 0.1) is 11.6 Å². The smallest absolute Gasteiger partial charge is 0.317 e. The van der Waals surface area contributed by atoms with Crippen molar-refractivity contribution in [2.45, 2.75) is 51.0 Å². The molecule has 2 heterocycles. The zero-order valence-corrected chi connectivity index (χ0v) is 15.6. The van der Waals surface area contributed by atoms with Gasteiger partial charge >= 0.3 is 6.03 Å². The van der Waals surface area contributed by atoms with Crippen molar-refractivity contribution in [3.8, 4) is 6.07 Å². The third kappa shape index (κ3) is 3.64. The van der Waals surface area contributed by atoms with Crippen molar-refractivity contribution in [1.29, 1.82) is 5.26 Å². The summed E-state index contributed by atoms with van der Waals surface area (Å²) in [5.74, 6) is 0.0830. The summed E-state index contributed by atoms with van der Waals surface area (Å²) in [5, 5.41) is 12.3. The first-order valence-electron chi connectivity index (χ1n) is 9.95. The van der Waals surface area contributed by atoms with Gasteiger partial charge in [-0.3, -0.25) is 4.79 Å². The van der Waals surface area contributed by atoms with Crippen LogP contribution in [0.2, 0.25) is 0 Å². The van der Waals surface area contributed by atoms with Crippen molar-refractivity contribution < 1.29 is 9.59 Å². The Kier molecular flexibility index (Phi) is 4.77. The summed E-state index contributed by atoms with van der Waals surface area (Å²) in [4.78, 5) is 29.0. The molecule has 4 rings (SSSR count). The number of anilines is 1. The fourth-order valence-electron chi connectivity index (χ4n) is 4.77. The molecule has 27 heavy (non-hydrogen) atoms. The van der Waals surface area contributed by atoms with Gasteiger partial charge in [0.25, 0.3) is 0 Å². The summed E-state index contributed by atoms with van der Waals surface area (Å²) >= 11 is 0. The lowest BCUT2D eigenvalue weighted by atomic mass is 9.86. The monoisotopic (exact) mass is 366 g/mol. The zero-order valence-electron chi connectivity index (χ0n) is 15.6. The van der Waals surface area contributed by atoms with E-state index in [0.717, 1.165) is 24.9 Å². The van der Waals surface area contributed by atoms with Crippen molar-refractivity contribution in [2.24, 2.45) is 5.41 Å². The Hall–Kier alpha value is -2.55. The van der Waals surface area contributed by atoms with E-state index in [1.54, 1.807) is 17.0 Å². The molecule has 0 radical (unpaired) electrons. The molecule has 3 fully saturated rings. The third-order valence-corrected chi connectivity index (χ3v) is 6.27. The second-order valence-corrected chi connectivity index (χ2v) is 8.27. The Morgan fingerprint density at radius 3 is 2.81 bits per heavy atom. The van der Waals surface area contributed by atoms with Crippen LogP contribution >= 0.6 is 0 Å². The Morgan fingerprint density at radius 2 is 2.04 bits per heavy atom. The predicted octanol–water partition coefficient (Wildman–Crippen LogP) is 3.03. The third-order valence-electron chi connectivity index (χ3n) is 6.27. The molecular formula is C21H26N4O2. The van der Waals surface area contributed by atoms with Gasteiger partial charge in [0.15, 0.2) is 0 Å². The van der Waals surface area contributed by atoms with Gasteiger partial charge in [-0.1, -0.05) is 25.3 Å². The van der Waals surface area contributed by atoms with Gasteiger partial charge in [-0.05, 0) is 37.5 Å². The first-order chi connectivity index (χ1) is 13.1. The molecule has 0 aromatic heterocycles. The van der Waals surface area contributed by atoms with E-state index in [0.29, 0.717) is 37.7 Å². The number of hydrogen-bond donors (Lipinski definition) is 1. The Bertz CT molecular complexity index is 781. The van der Waals surface area contributed by atoms with Crippen molar-refractivity contribution in [3.05, 3.63) is 29.8 Å². The number of carbonyl (C=O) groups excluding carboxylic acids is 2. The van der Waals surface area contributed by atoms with Gasteiger partial charge in [-0.2, -0.15) is 5.26 Å². The number of nitrogens with one attached hydrogen (secondary N) is 1. The maximum absolute atomic E-state index is 12.7. The van der Waals surface area contributed by atoms with Crippen molar-refractivity contribution in [1.82, 2.24) is 10.2 Å². The van der Waals surface area contributed by atoms with Crippen LogP contribution in [-0.4, -0.2) is 42.5 Å². The molecule has 1 aromatic rings. The molecule has 3 amide bonds. The fraction of sp³-hybridized carbons (Fsp3) is 0.571. The number of hydrogen-bond acceptors (Lipinski definition) is 3. The molecule has 2 saturated heterocycles. The van der Waals surface area contributed by atoms with E-state index in [1.807, 2.05) is 17.0 Å². The van der Waals surface area contributed by atoms with Crippen LogP contribution in [0, 0.1) is 16.7 Å². The Balaban J connectivity index is 1.40. The van der Waals surface area contributed by atoms with E-state index in [1.165, 1.54) is 19.3 Å². The van der Waals surface area contributed by atoms with Crippen LogP contribution in [0.5, 0.6) is 0 Å².